The Labute approximate surface area is 237 Å². The molecule has 3 aromatic rings. The number of pyridine rings is 1. The van der Waals surface area contributed by atoms with Gasteiger partial charge in [-0.1, -0.05) is 54.6 Å². The number of benzene rings is 2. The molecule has 1 aliphatic carbocycles. The van der Waals surface area contributed by atoms with Crippen molar-refractivity contribution in [1.29, 1.82) is 0 Å². The van der Waals surface area contributed by atoms with E-state index in [-0.39, 0.29) is 24.0 Å². The molecule has 2 aromatic carbocycles. The highest BCUT2D eigenvalue weighted by Gasteiger charge is 2.38. The van der Waals surface area contributed by atoms with Gasteiger partial charge in [-0.25, -0.2) is 4.79 Å². The van der Waals surface area contributed by atoms with Crippen molar-refractivity contribution in [2.75, 3.05) is 26.2 Å². The van der Waals surface area contributed by atoms with E-state index in [1.807, 2.05) is 49.9 Å². The Bertz CT molecular complexity index is 1270. The minimum atomic E-state index is -0.598. The number of fused-ring (bicyclic) bond motifs is 2. The molecule has 2 amide bonds. The number of amides is 2. The highest BCUT2D eigenvalue weighted by Crippen LogP contribution is 2.36. The molecular formula is C33H39N3O4. The SMILES string of the molecule is CC(C)(C)OC(=O)N1CCN(C(=O)C2c3ccccc3CCc3ccccc32)C[C@@H]1CCOCc1cccnc1. The predicted octanol–water partition coefficient (Wildman–Crippen LogP) is 5.37. The summed E-state index contributed by atoms with van der Waals surface area (Å²) < 4.78 is 11.7. The lowest BCUT2D eigenvalue weighted by atomic mass is 9.86. The zero-order valence-electron chi connectivity index (χ0n) is 23.7. The molecule has 7 nitrogen and oxygen atoms in total. The minimum Gasteiger partial charge on any atom is -0.444 e. The molecule has 0 saturated carbocycles. The fourth-order valence-electron chi connectivity index (χ4n) is 5.73. The summed E-state index contributed by atoms with van der Waals surface area (Å²) in [5, 5.41) is 0. The molecule has 0 unspecified atom stereocenters. The fraction of sp³-hybridized carbons (Fsp3) is 0.424. The van der Waals surface area contributed by atoms with Crippen LogP contribution in [0.3, 0.4) is 0 Å². The van der Waals surface area contributed by atoms with E-state index in [1.54, 1.807) is 17.3 Å². The first-order chi connectivity index (χ1) is 19.3. The largest absolute Gasteiger partial charge is 0.444 e. The third kappa shape index (κ3) is 6.53. The van der Waals surface area contributed by atoms with Crippen molar-refractivity contribution in [3.8, 4) is 0 Å². The average Bonchev–Trinajstić information content (AvgIpc) is 3.11. The van der Waals surface area contributed by atoms with Crippen molar-refractivity contribution in [2.24, 2.45) is 0 Å². The number of aromatic nitrogens is 1. The topological polar surface area (TPSA) is 72.0 Å². The zero-order chi connectivity index (χ0) is 28.1. The van der Waals surface area contributed by atoms with Gasteiger partial charge in [0.15, 0.2) is 0 Å². The Morgan fingerprint density at radius 2 is 1.60 bits per heavy atom. The van der Waals surface area contributed by atoms with Crippen molar-refractivity contribution in [3.05, 3.63) is 101 Å². The summed E-state index contributed by atoms with van der Waals surface area (Å²) in [6.07, 6.45) is 5.61. The molecule has 40 heavy (non-hydrogen) atoms. The molecule has 0 bridgehead atoms. The normalized spacial score (nSPS) is 17.5. The molecule has 1 aromatic heterocycles. The summed E-state index contributed by atoms with van der Waals surface area (Å²) in [6, 6.07) is 20.3. The van der Waals surface area contributed by atoms with Crippen LogP contribution in [0, 0.1) is 0 Å². The van der Waals surface area contributed by atoms with E-state index in [4.69, 9.17) is 9.47 Å². The minimum absolute atomic E-state index is 0.0897. The number of ether oxygens (including phenoxy) is 2. The van der Waals surface area contributed by atoms with Crippen LogP contribution >= 0.6 is 0 Å². The molecule has 0 N–H and O–H groups in total. The van der Waals surface area contributed by atoms with Crippen molar-refractivity contribution in [3.63, 3.8) is 0 Å². The highest BCUT2D eigenvalue weighted by molar-refractivity contribution is 5.88. The number of aryl methyl sites for hydroxylation is 2. The summed E-state index contributed by atoms with van der Waals surface area (Å²) >= 11 is 0. The quantitative estimate of drug-likeness (QED) is 0.393. The number of hydrogen-bond donors (Lipinski definition) is 0. The van der Waals surface area contributed by atoms with Gasteiger partial charge in [-0.05, 0) is 73.9 Å². The number of rotatable bonds is 6. The Morgan fingerprint density at radius 1 is 0.925 bits per heavy atom. The van der Waals surface area contributed by atoms with Gasteiger partial charge in [-0.2, -0.15) is 0 Å². The predicted molar refractivity (Wildman–Crippen MR) is 154 cm³/mol. The van der Waals surface area contributed by atoms with Crippen LogP contribution in [0.5, 0.6) is 0 Å². The lowest BCUT2D eigenvalue weighted by molar-refractivity contribution is -0.135. The second-order valence-corrected chi connectivity index (χ2v) is 11.6. The van der Waals surface area contributed by atoms with Crippen LogP contribution in [-0.4, -0.2) is 64.7 Å². The van der Waals surface area contributed by atoms with Crippen molar-refractivity contribution in [1.82, 2.24) is 14.8 Å². The van der Waals surface area contributed by atoms with E-state index in [0.717, 1.165) is 29.5 Å². The number of hydrogen-bond acceptors (Lipinski definition) is 5. The summed E-state index contributed by atoms with van der Waals surface area (Å²) in [5.74, 6) is -0.266. The van der Waals surface area contributed by atoms with Crippen molar-refractivity contribution >= 4 is 12.0 Å². The van der Waals surface area contributed by atoms with Crippen molar-refractivity contribution < 1.29 is 19.1 Å². The molecule has 7 heteroatoms. The Kier molecular flexibility index (Phi) is 8.50. The summed E-state index contributed by atoms with van der Waals surface area (Å²) in [6.45, 7) is 7.85. The standard InChI is InChI=1S/C33H39N3O4/c1-33(2,3)40-32(38)36-19-18-35(22-27(36)16-20-39-23-24-9-8-17-34-21-24)31(37)30-28-12-6-4-10-25(28)14-15-26-11-5-7-13-29(26)30/h4-13,17,21,27,30H,14-16,18-20,22-23H2,1-3H3/t27-/m0/s1. The summed E-state index contributed by atoms with van der Waals surface area (Å²) in [5.41, 5.74) is 5.03. The monoisotopic (exact) mass is 541 g/mol. The van der Waals surface area contributed by atoms with Crippen LogP contribution in [0.2, 0.25) is 0 Å². The van der Waals surface area contributed by atoms with Gasteiger partial charge in [-0.15, -0.1) is 0 Å². The first-order valence-corrected chi connectivity index (χ1v) is 14.2. The fourth-order valence-corrected chi connectivity index (χ4v) is 5.73. The molecule has 0 spiro atoms. The van der Waals surface area contributed by atoms with Gasteiger partial charge >= 0.3 is 6.09 Å². The highest BCUT2D eigenvalue weighted by atomic mass is 16.6. The lowest BCUT2D eigenvalue weighted by Crippen LogP contribution is -2.58. The third-order valence-electron chi connectivity index (χ3n) is 7.65. The van der Waals surface area contributed by atoms with Gasteiger partial charge in [0.25, 0.3) is 0 Å². The molecule has 0 radical (unpaired) electrons. The molecule has 2 heterocycles. The zero-order valence-corrected chi connectivity index (χ0v) is 23.7. The second kappa shape index (κ2) is 12.2. The molecular weight excluding hydrogens is 502 g/mol. The Balaban J connectivity index is 1.36. The van der Waals surface area contributed by atoms with E-state index in [1.165, 1.54) is 11.1 Å². The van der Waals surface area contributed by atoms with Crippen LogP contribution < -0.4 is 0 Å². The maximum Gasteiger partial charge on any atom is 0.410 e. The first kappa shape index (κ1) is 27.8. The first-order valence-electron chi connectivity index (χ1n) is 14.2. The average molecular weight is 542 g/mol. The maximum atomic E-state index is 14.4. The molecule has 5 rings (SSSR count). The summed E-state index contributed by atoms with van der Waals surface area (Å²) in [7, 11) is 0. The number of nitrogens with zero attached hydrogens (tertiary/aromatic N) is 3. The molecule has 210 valence electrons. The van der Waals surface area contributed by atoms with E-state index < -0.39 is 5.60 Å². The molecule has 2 aliphatic rings. The van der Waals surface area contributed by atoms with Crippen molar-refractivity contribution in [2.45, 2.75) is 64.2 Å². The van der Waals surface area contributed by atoms with Gasteiger partial charge in [0.2, 0.25) is 5.91 Å². The number of piperazine rings is 1. The van der Waals surface area contributed by atoms with Crippen LogP contribution in [0.15, 0.2) is 73.1 Å². The smallest absolute Gasteiger partial charge is 0.410 e. The van der Waals surface area contributed by atoms with Gasteiger partial charge in [0.1, 0.15) is 5.60 Å². The molecule has 1 saturated heterocycles. The maximum absolute atomic E-state index is 14.4. The Hall–Kier alpha value is -3.71. The van der Waals surface area contributed by atoms with Crippen LogP contribution in [-0.2, 0) is 33.7 Å². The van der Waals surface area contributed by atoms with Gasteiger partial charge in [-0.3, -0.25) is 9.78 Å². The van der Waals surface area contributed by atoms with Gasteiger partial charge < -0.3 is 19.3 Å². The Morgan fingerprint density at radius 3 is 2.23 bits per heavy atom. The van der Waals surface area contributed by atoms with Gasteiger partial charge in [0, 0.05) is 38.6 Å². The molecule has 1 fully saturated rings. The van der Waals surface area contributed by atoms with E-state index >= 15 is 0 Å². The molecule has 1 aliphatic heterocycles. The number of carbonyl (C=O) groups excluding carboxylic acids is 2. The molecule has 1 atom stereocenters. The van der Waals surface area contributed by atoms with E-state index in [9.17, 15) is 9.59 Å². The summed E-state index contributed by atoms with van der Waals surface area (Å²) in [4.78, 5) is 35.4. The number of carbonyl (C=O) groups is 2. The lowest BCUT2D eigenvalue weighted by Gasteiger charge is -2.42. The van der Waals surface area contributed by atoms with Crippen LogP contribution in [0.4, 0.5) is 4.79 Å². The van der Waals surface area contributed by atoms with Crippen LogP contribution in [0.1, 0.15) is 60.9 Å². The second-order valence-electron chi connectivity index (χ2n) is 11.6. The van der Waals surface area contributed by atoms with Crippen LogP contribution in [0.25, 0.3) is 0 Å². The van der Waals surface area contributed by atoms with Gasteiger partial charge in [0.05, 0.1) is 18.6 Å². The van der Waals surface area contributed by atoms with E-state index in [0.29, 0.717) is 39.3 Å². The third-order valence-corrected chi connectivity index (χ3v) is 7.65. The van der Waals surface area contributed by atoms with E-state index in [2.05, 4.69) is 41.4 Å².